The molecule has 4 heteroatoms. The highest BCUT2D eigenvalue weighted by molar-refractivity contribution is 5.45. The molecule has 0 aliphatic rings. The first-order valence-electron chi connectivity index (χ1n) is 6.59. The van der Waals surface area contributed by atoms with Crippen molar-refractivity contribution in [2.24, 2.45) is 5.41 Å². The third kappa shape index (κ3) is 5.09. The highest BCUT2D eigenvalue weighted by Crippen LogP contribution is 2.29. The van der Waals surface area contributed by atoms with Crippen LogP contribution in [0.2, 0.25) is 0 Å². The number of phenols is 1. The Morgan fingerprint density at radius 1 is 1.37 bits per heavy atom. The zero-order chi connectivity index (χ0) is 14.5. The summed E-state index contributed by atoms with van der Waals surface area (Å²) >= 11 is 0. The second-order valence-corrected chi connectivity index (χ2v) is 5.79. The lowest BCUT2D eigenvalue weighted by molar-refractivity contribution is 0.128. The smallest absolute Gasteiger partial charge is 0.162 e. The van der Waals surface area contributed by atoms with Crippen molar-refractivity contribution in [3.8, 4) is 11.5 Å². The van der Waals surface area contributed by atoms with E-state index < -0.39 is 0 Å². The van der Waals surface area contributed by atoms with E-state index in [1.54, 1.807) is 13.0 Å². The van der Waals surface area contributed by atoms with Gasteiger partial charge in [-0.2, -0.15) is 0 Å². The fourth-order valence-electron chi connectivity index (χ4n) is 2.28. The minimum atomic E-state index is -0.304. The van der Waals surface area contributed by atoms with Crippen LogP contribution in [-0.2, 0) is 6.54 Å². The van der Waals surface area contributed by atoms with Crippen molar-refractivity contribution < 1.29 is 14.9 Å². The molecule has 4 nitrogen and oxygen atoms in total. The molecule has 0 saturated heterocycles. The molecule has 1 atom stereocenters. The average Bonchev–Trinajstić information content (AvgIpc) is 2.29. The number of aliphatic hydroxyl groups excluding tert-OH is 1. The number of rotatable bonds is 7. The first-order chi connectivity index (χ1) is 8.85. The van der Waals surface area contributed by atoms with E-state index in [-0.39, 0.29) is 17.3 Å². The number of nitrogens with one attached hydrogen (secondary N) is 1. The van der Waals surface area contributed by atoms with Gasteiger partial charge in [0.25, 0.3) is 0 Å². The van der Waals surface area contributed by atoms with E-state index in [0.717, 1.165) is 18.5 Å². The fraction of sp³-hybridized carbons (Fsp3) is 0.600. The normalized spacial score (nSPS) is 13.3. The second kappa shape index (κ2) is 6.78. The standard InChI is InChI=1S/C15H25NO3/c1-11(17)8-15(2,3)10-16-9-12-6-5-7-13(19-4)14(12)18/h5-7,11,16-18H,8-10H2,1-4H3. The molecule has 1 aromatic rings. The first kappa shape index (κ1) is 15.8. The van der Waals surface area contributed by atoms with Gasteiger partial charge in [-0.3, -0.25) is 0 Å². The predicted octanol–water partition coefficient (Wildman–Crippen LogP) is 2.29. The maximum atomic E-state index is 9.96. The first-order valence-corrected chi connectivity index (χ1v) is 6.59. The Labute approximate surface area is 115 Å². The summed E-state index contributed by atoms with van der Waals surface area (Å²) in [6, 6.07) is 5.46. The lowest BCUT2D eigenvalue weighted by atomic mass is 9.87. The highest BCUT2D eigenvalue weighted by Gasteiger charge is 2.20. The van der Waals surface area contributed by atoms with Gasteiger partial charge in [0.15, 0.2) is 11.5 Å². The van der Waals surface area contributed by atoms with Gasteiger partial charge in [-0.15, -0.1) is 0 Å². The van der Waals surface area contributed by atoms with Crippen molar-refractivity contribution in [2.75, 3.05) is 13.7 Å². The summed E-state index contributed by atoms with van der Waals surface area (Å²) in [5.41, 5.74) is 0.829. The number of aromatic hydroxyl groups is 1. The van der Waals surface area contributed by atoms with Gasteiger partial charge in [0.1, 0.15) is 0 Å². The van der Waals surface area contributed by atoms with Gasteiger partial charge in [-0.25, -0.2) is 0 Å². The molecule has 0 bridgehead atoms. The van der Waals surface area contributed by atoms with Crippen LogP contribution in [0.1, 0.15) is 32.8 Å². The molecule has 0 aliphatic heterocycles. The van der Waals surface area contributed by atoms with E-state index in [9.17, 15) is 10.2 Å². The third-order valence-electron chi connectivity index (χ3n) is 3.07. The van der Waals surface area contributed by atoms with Gasteiger partial charge in [0.2, 0.25) is 0 Å². The van der Waals surface area contributed by atoms with Gasteiger partial charge >= 0.3 is 0 Å². The Hall–Kier alpha value is -1.26. The Balaban J connectivity index is 2.54. The van der Waals surface area contributed by atoms with Gasteiger partial charge in [-0.1, -0.05) is 26.0 Å². The molecule has 0 aliphatic carbocycles. The molecule has 0 fully saturated rings. The monoisotopic (exact) mass is 267 g/mol. The van der Waals surface area contributed by atoms with E-state index >= 15 is 0 Å². The van der Waals surface area contributed by atoms with Crippen molar-refractivity contribution in [1.82, 2.24) is 5.32 Å². The summed E-state index contributed by atoms with van der Waals surface area (Å²) in [7, 11) is 1.54. The molecule has 0 aromatic heterocycles. The third-order valence-corrected chi connectivity index (χ3v) is 3.07. The summed E-state index contributed by atoms with van der Waals surface area (Å²) in [5, 5.41) is 22.7. The predicted molar refractivity (Wildman–Crippen MR) is 76.4 cm³/mol. The summed E-state index contributed by atoms with van der Waals surface area (Å²) < 4.78 is 5.07. The number of benzene rings is 1. The Morgan fingerprint density at radius 2 is 2.05 bits per heavy atom. The van der Waals surface area contributed by atoms with Crippen LogP contribution >= 0.6 is 0 Å². The SMILES string of the molecule is COc1cccc(CNCC(C)(C)CC(C)O)c1O. The maximum absolute atomic E-state index is 9.96. The van der Waals surface area contributed by atoms with Gasteiger partial charge in [0, 0.05) is 18.7 Å². The van der Waals surface area contributed by atoms with Crippen LogP contribution in [0.15, 0.2) is 18.2 Å². The van der Waals surface area contributed by atoms with Crippen LogP contribution in [0.3, 0.4) is 0 Å². The summed E-state index contributed by atoms with van der Waals surface area (Å²) in [6.45, 7) is 7.37. The molecule has 1 unspecified atom stereocenters. The molecular weight excluding hydrogens is 242 g/mol. The van der Waals surface area contributed by atoms with Crippen molar-refractivity contribution >= 4 is 0 Å². The summed E-state index contributed by atoms with van der Waals surface area (Å²) in [6.07, 6.45) is 0.436. The molecule has 108 valence electrons. The molecule has 0 amide bonds. The summed E-state index contributed by atoms with van der Waals surface area (Å²) in [5.74, 6) is 0.674. The van der Waals surface area contributed by atoms with Crippen LogP contribution in [0, 0.1) is 5.41 Å². The van der Waals surface area contributed by atoms with Crippen molar-refractivity contribution in [3.63, 3.8) is 0 Å². The molecule has 19 heavy (non-hydrogen) atoms. The van der Waals surface area contributed by atoms with Crippen LogP contribution in [-0.4, -0.2) is 30.0 Å². The largest absolute Gasteiger partial charge is 0.504 e. The van der Waals surface area contributed by atoms with Gasteiger partial charge < -0.3 is 20.3 Å². The van der Waals surface area contributed by atoms with Gasteiger partial charge in [0.05, 0.1) is 13.2 Å². The van der Waals surface area contributed by atoms with E-state index in [1.165, 1.54) is 7.11 Å². The van der Waals surface area contributed by atoms with E-state index in [4.69, 9.17) is 4.74 Å². The molecule has 1 aromatic carbocycles. The lowest BCUT2D eigenvalue weighted by Crippen LogP contribution is -2.31. The quantitative estimate of drug-likeness (QED) is 0.709. The van der Waals surface area contributed by atoms with Crippen LogP contribution in [0.5, 0.6) is 11.5 Å². The average molecular weight is 267 g/mol. The lowest BCUT2D eigenvalue weighted by Gasteiger charge is -2.26. The Bertz CT molecular complexity index is 402. The van der Waals surface area contributed by atoms with Crippen LogP contribution in [0.25, 0.3) is 0 Å². The van der Waals surface area contributed by atoms with E-state index in [0.29, 0.717) is 12.3 Å². The van der Waals surface area contributed by atoms with E-state index in [1.807, 2.05) is 12.1 Å². The van der Waals surface area contributed by atoms with E-state index in [2.05, 4.69) is 19.2 Å². The summed E-state index contributed by atoms with van der Waals surface area (Å²) in [4.78, 5) is 0. The zero-order valence-electron chi connectivity index (χ0n) is 12.2. The molecule has 3 N–H and O–H groups in total. The van der Waals surface area contributed by atoms with Crippen LogP contribution < -0.4 is 10.1 Å². The topological polar surface area (TPSA) is 61.7 Å². The van der Waals surface area contributed by atoms with Crippen molar-refractivity contribution in [1.29, 1.82) is 0 Å². The molecule has 0 radical (unpaired) electrons. The maximum Gasteiger partial charge on any atom is 0.162 e. The van der Waals surface area contributed by atoms with Crippen molar-refractivity contribution in [3.05, 3.63) is 23.8 Å². The Morgan fingerprint density at radius 3 is 2.63 bits per heavy atom. The second-order valence-electron chi connectivity index (χ2n) is 5.79. The molecule has 1 rings (SSSR count). The van der Waals surface area contributed by atoms with Crippen LogP contribution in [0.4, 0.5) is 0 Å². The molecule has 0 saturated carbocycles. The number of hydrogen-bond acceptors (Lipinski definition) is 4. The fourth-order valence-corrected chi connectivity index (χ4v) is 2.28. The minimum absolute atomic E-state index is 0.0165. The van der Waals surface area contributed by atoms with Crippen molar-refractivity contribution in [2.45, 2.75) is 39.8 Å². The number of para-hydroxylation sites is 1. The van der Waals surface area contributed by atoms with Gasteiger partial charge in [-0.05, 0) is 24.8 Å². The zero-order valence-corrected chi connectivity index (χ0v) is 12.2. The Kier molecular flexibility index (Phi) is 5.63. The molecule has 0 spiro atoms. The highest BCUT2D eigenvalue weighted by atomic mass is 16.5. The number of methoxy groups -OCH3 is 1. The number of phenolic OH excluding ortho intramolecular Hbond substituents is 1. The number of ether oxygens (including phenoxy) is 1. The number of hydrogen-bond donors (Lipinski definition) is 3. The minimum Gasteiger partial charge on any atom is -0.504 e. The molecular formula is C15H25NO3. The molecule has 0 heterocycles. The number of aliphatic hydroxyl groups is 1.